The average Bonchev–Trinajstić information content (AvgIpc) is 2.82. The van der Waals surface area contributed by atoms with Crippen LogP contribution in [0.25, 0.3) is 0 Å². The monoisotopic (exact) mass is 247 g/mol. The maximum Gasteiger partial charge on any atom is 0.128 e. The number of hydrogen-bond acceptors (Lipinski definition) is 3. The first-order valence-corrected chi connectivity index (χ1v) is 7.17. The van der Waals surface area contributed by atoms with Gasteiger partial charge in [0.05, 0.1) is 0 Å². The maximum absolute atomic E-state index is 4.58. The van der Waals surface area contributed by atoms with E-state index in [4.69, 9.17) is 0 Å². The minimum absolute atomic E-state index is 0.467. The molecule has 1 aliphatic carbocycles. The molecule has 100 valence electrons. The molecule has 1 saturated carbocycles. The average molecular weight is 247 g/mol. The highest BCUT2D eigenvalue weighted by molar-refractivity contribution is 5.45. The van der Waals surface area contributed by atoms with Crippen LogP contribution in [0.1, 0.15) is 46.0 Å². The fraction of sp³-hybridized carbons (Fsp3) is 0.667. The number of pyridine rings is 1. The molecule has 1 heterocycles. The van der Waals surface area contributed by atoms with E-state index >= 15 is 0 Å². The molecule has 0 atom stereocenters. The molecule has 1 aromatic heterocycles. The van der Waals surface area contributed by atoms with E-state index in [0.29, 0.717) is 5.41 Å². The highest BCUT2D eigenvalue weighted by atomic mass is 15.1. The van der Waals surface area contributed by atoms with Crippen molar-refractivity contribution in [1.29, 1.82) is 0 Å². The smallest absolute Gasteiger partial charge is 0.128 e. The van der Waals surface area contributed by atoms with Gasteiger partial charge in [-0.1, -0.05) is 32.8 Å². The topological polar surface area (TPSA) is 37.0 Å². The van der Waals surface area contributed by atoms with Gasteiger partial charge in [-0.2, -0.15) is 0 Å². The Hall–Kier alpha value is -1.25. The minimum Gasteiger partial charge on any atom is -0.370 e. The number of anilines is 2. The molecular formula is C15H25N3. The van der Waals surface area contributed by atoms with Crippen molar-refractivity contribution in [1.82, 2.24) is 4.98 Å². The number of hydrogen-bond donors (Lipinski definition) is 2. The second-order valence-corrected chi connectivity index (χ2v) is 5.71. The first kappa shape index (κ1) is 13.2. The van der Waals surface area contributed by atoms with Crippen molar-refractivity contribution in [2.45, 2.75) is 46.0 Å². The Labute approximate surface area is 110 Å². The summed E-state index contributed by atoms with van der Waals surface area (Å²) < 4.78 is 0. The first-order valence-electron chi connectivity index (χ1n) is 7.17. The van der Waals surface area contributed by atoms with Gasteiger partial charge in [0, 0.05) is 13.1 Å². The largest absolute Gasteiger partial charge is 0.370 e. The number of aromatic nitrogens is 1. The van der Waals surface area contributed by atoms with Crippen molar-refractivity contribution in [3.8, 4) is 0 Å². The molecule has 1 aliphatic rings. The van der Waals surface area contributed by atoms with E-state index < -0.39 is 0 Å². The van der Waals surface area contributed by atoms with Gasteiger partial charge in [0.15, 0.2) is 0 Å². The van der Waals surface area contributed by atoms with Crippen LogP contribution in [-0.4, -0.2) is 18.1 Å². The molecular weight excluding hydrogens is 222 g/mol. The van der Waals surface area contributed by atoms with Crippen molar-refractivity contribution in [2.75, 3.05) is 23.7 Å². The van der Waals surface area contributed by atoms with Crippen LogP contribution in [-0.2, 0) is 0 Å². The third-order valence-electron chi connectivity index (χ3n) is 3.81. The van der Waals surface area contributed by atoms with Crippen LogP contribution >= 0.6 is 0 Å². The highest BCUT2D eigenvalue weighted by Crippen LogP contribution is 2.37. The molecule has 0 spiro atoms. The van der Waals surface area contributed by atoms with Crippen molar-refractivity contribution in [2.24, 2.45) is 5.41 Å². The van der Waals surface area contributed by atoms with E-state index in [1.165, 1.54) is 25.7 Å². The van der Waals surface area contributed by atoms with Crippen LogP contribution in [0, 0.1) is 5.41 Å². The number of rotatable bonds is 6. The molecule has 2 N–H and O–H groups in total. The summed E-state index contributed by atoms with van der Waals surface area (Å²) in [6.45, 7) is 6.56. The Morgan fingerprint density at radius 3 is 2.50 bits per heavy atom. The van der Waals surface area contributed by atoms with Crippen LogP contribution in [0.15, 0.2) is 18.2 Å². The van der Waals surface area contributed by atoms with Gasteiger partial charge in [-0.3, -0.25) is 0 Å². The Balaban J connectivity index is 1.88. The third-order valence-corrected chi connectivity index (χ3v) is 3.81. The lowest BCUT2D eigenvalue weighted by Gasteiger charge is -2.24. The standard InChI is InChI=1S/C15H25N3/c1-3-11-16-13-7-6-8-14(18-13)17-12-15(2)9-4-5-10-15/h6-8H,3-5,9-12H2,1-2H3,(H2,16,17,18). The minimum atomic E-state index is 0.467. The Kier molecular flexibility index (Phi) is 4.45. The van der Waals surface area contributed by atoms with E-state index in [2.05, 4.69) is 41.6 Å². The number of nitrogens with zero attached hydrogens (tertiary/aromatic N) is 1. The lowest BCUT2D eigenvalue weighted by atomic mass is 9.89. The lowest BCUT2D eigenvalue weighted by molar-refractivity contribution is 0.361. The molecule has 0 saturated heterocycles. The lowest BCUT2D eigenvalue weighted by Crippen LogP contribution is -2.23. The zero-order chi connectivity index (χ0) is 12.8. The predicted molar refractivity (Wildman–Crippen MR) is 78.1 cm³/mol. The van der Waals surface area contributed by atoms with Crippen LogP contribution < -0.4 is 10.6 Å². The molecule has 0 bridgehead atoms. The molecule has 2 rings (SSSR count). The summed E-state index contributed by atoms with van der Waals surface area (Å²) in [5.74, 6) is 1.96. The normalized spacial score (nSPS) is 17.7. The second-order valence-electron chi connectivity index (χ2n) is 5.71. The SMILES string of the molecule is CCCNc1cccc(NCC2(C)CCCC2)n1. The highest BCUT2D eigenvalue weighted by Gasteiger charge is 2.28. The summed E-state index contributed by atoms with van der Waals surface area (Å²) in [4.78, 5) is 4.58. The zero-order valence-electron chi connectivity index (χ0n) is 11.6. The number of nitrogens with one attached hydrogen (secondary N) is 2. The van der Waals surface area contributed by atoms with Gasteiger partial charge in [-0.15, -0.1) is 0 Å². The van der Waals surface area contributed by atoms with Crippen molar-refractivity contribution in [3.63, 3.8) is 0 Å². The summed E-state index contributed by atoms with van der Waals surface area (Å²) in [5.41, 5.74) is 0.467. The Morgan fingerprint density at radius 1 is 1.17 bits per heavy atom. The molecule has 3 nitrogen and oxygen atoms in total. The first-order chi connectivity index (χ1) is 8.72. The zero-order valence-corrected chi connectivity index (χ0v) is 11.6. The summed E-state index contributed by atoms with van der Waals surface area (Å²) >= 11 is 0. The van der Waals surface area contributed by atoms with Gasteiger partial charge < -0.3 is 10.6 Å². The van der Waals surface area contributed by atoms with Gasteiger partial charge in [0.2, 0.25) is 0 Å². The molecule has 1 fully saturated rings. The predicted octanol–water partition coefficient (Wildman–Crippen LogP) is 3.90. The van der Waals surface area contributed by atoms with Crippen LogP contribution in [0.3, 0.4) is 0 Å². The van der Waals surface area contributed by atoms with Crippen molar-refractivity contribution < 1.29 is 0 Å². The van der Waals surface area contributed by atoms with Gasteiger partial charge in [0.1, 0.15) is 11.6 Å². The Bertz CT molecular complexity index is 370. The summed E-state index contributed by atoms with van der Waals surface area (Å²) in [7, 11) is 0. The summed E-state index contributed by atoms with van der Waals surface area (Å²) in [5, 5.41) is 6.81. The second kappa shape index (κ2) is 6.07. The molecule has 0 aliphatic heterocycles. The van der Waals surface area contributed by atoms with E-state index in [0.717, 1.165) is 31.1 Å². The molecule has 0 amide bonds. The fourth-order valence-corrected chi connectivity index (χ4v) is 2.59. The van der Waals surface area contributed by atoms with E-state index in [1.807, 2.05) is 6.07 Å². The Morgan fingerprint density at radius 2 is 1.83 bits per heavy atom. The maximum atomic E-state index is 4.58. The fourth-order valence-electron chi connectivity index (χ4n) is 2.59. The van der Waals surface area contributed by atoms with E-state index in [1.54, 1.807) is 0 Å². The molecule has 0 radical (unpaired) electrons. The molecule has 1 aromatic rings. The quantitative estimate of drug-likeness (QED) is 0.800. The van der Waals surface area contributed by atoms with Crippen LogP contribution in [0.5, 0.6) is 0 Å². The van der Waals surface area contributed by atoms with E-state index in [-0.39, 0.29) is 0 Å². The van der Waals surface area contributed by atoms with Gasteiger partial charge in [0.25, 0.3) is 0 Å². The van der Waals surface area contributed by atoms with Crippen LogP contribution in [0.4, 0.5) is 11.6 Å². The molecule has 0 unspecified atom stereocenters. The summed E-state index contributed by atoms with van der Waals surface area (Å²) in [6.07, 6.45) is 6.56. The van der Waals surface area contributed by atoms with Gasteiger partial charge in [-0.25, -0.2) is 4.98 Å². The molecule has 0 aromatic carbocycles. The van der Waals surface area contributed by atoms with Crippen molar-refractivity contribution in [3.05, 3.63) is 18.2 Å². The molecule has 3 heteroatoms. The third kappa shape index (κ3) is 3.62. The molecule has 18 heavy (non-hydrogen) atoms. The van der Waals surface area contributed by atoms with Gasteiger partial charge >= 0.3 is 0 Å². The van der Waals surface area contributed by atoms with Gasteiger partial charge in [-0.05, 0) is 36.8 Å². The van der Waals surface area contributed by atoms with Crippen LogP contribution in [0.2, 0.25) is 0 Å². The summed E-state index contributed by atoms with van der Waals surface area (Å²) in [6, 6.07) is 6.14. The van der Waals surface area contributed by atoms with Crippen molar-refractivity contribution >= 4 is 11.6 Å². The van der Waals surface area contributed by atoms with E-state index in [9.17, 15) is 0 Å².